The zero-order valence-corrected chi connectivity index (χ0v) is 11.5. The summed E-state index contributed by atoms with van der Waals surface area (Å²) in [5.41, 5.74) is 6.46. The highest BCUT2D eigenvalue weighted by Gasteiger charge is 2.10. The smallest absolute Gasteiger partial charge is 0.246 e. The Hall–Kier alpha value is -2.14. The third-order valence-electron chi connectivity index (χ3n) is 2.73. The van der Waals surface area contributed by atoms with Crippen LogP contribution in [0.2, 0.25) is 0 Å². The van der Waals surface area contributed by atoms with Crippen molar-refractivity contribution in [2.75, 3.05) is 5.73 Å². The van der Waals surface area contributed by atoms with Crippen molar-refractivity contribution in [1.29, 1.82) is 0 Å². The van der Waals surface area contributed by atoms with E-state index in [0.717, 1.165) is 15.2 Å². The monoisotopic (exact) mass is 315 g/mol. The second-order valence-electron chi connectivity index (χ2n) is 4.00. The lowest BCUT2D eigenvalue weighted by atomic mass is 10.2. The molecule has 0 saturated heterocycles. The van der Waals surface area contributed by atoms with E-state index in [1.165, 1.54) is 0 Å². The number of para-hydroxylation sites is 1. The van der Waals surface area contributed by atoms with E-state index >= 15 is 0 Å². The van der Waals surface area contributed by atoms with Gasteiger partial charge in [0, 0.05) is 10.8 Å². The molecular formula is C14H10BrN3O. The fraction of sp³-hybridized carbons (Fsp3) is 0. The first-order chi connectivity index (χ1) is 9.25. The molecule has 3 aromatic rings. The van der Waals surface area contributed by atoms with Gasteiger partial charge in [0.25, 0.3) is 0 Å². The molecule has 0 aliphatic carbocycles. The van der Waals surface area contributed by atoms with Gasteiger partial charge in [-0.3, -0.25) is 0 Å². The molecule has 1 heterocycles. The second-order valence-corrected chi connectivity index (χ2v) is 4.85. The Morgan fingerprint density at radius 1 is 1.05 bits per heavy atom. The van der Waals surface area contributed by atoms with Crippen LogP contribution in [0.15, 0.2) is 53.1 Å². The summed E-state index contributed by atoms with van der Waals surface area (Å²) in [5.74, 6) is 0.991. The Kier molecular flexibility index (Phi) is 3.05. The number of nitrogen functional groups attached to an aromatic ring is 1. The van der Waals surface area contributed by atoms with Crippen molar-refractivity contribution in [1.82, 2.24) is 10.2 Å². The van der Waals surface area contributed by atoms with Gasteiger partial charge >= 0.3 is 0 Å². The summed E-state index contributed by atoms with van der Waals surface area (Å²) in [5, 5.41) is 9.84. The van der Waals surface area contributed by atoms with Gasteiger partial charge in [0.05, 0.1) is 16.4 Å². The summed E-state index contributed by atoms with van der Waals surface area (Å²) in [6.45, 7) is 0. The molecule has 1 aromatic heterocycles. The molecule has 0 spiro atoms. The van der Waals surface area contributed by atoms with Gasteiger partial charge < -0.3 is 10.5 Å². The Morgan fingerprint density at radius 2 is 1.89 bits per heavy atom. The lowest BCUT2D eigenvalue weighted by Crippen LogP contribution is -1.96. The van der Waals surface area contributed by atoms with E-state index in [9.17, 15) is 0 Å². The fourth-order valence-corrected chi connectivity index (χ4v) is 2.27. The Balaban J connectivity index is 2.11. The molecule has 94 valence electrons. The van der Waals surface area contributed by atoms with Crippen molar-refractivity contribution in [3.63, 3.8) is 0 Å². The predicted molar refractivity (Wildman–Crippen MR) is 78.2 cm³/mol. The Bertz CT molecular complexity index is 720. The van der Waals surface area contributed by atoms with Crippen LogP contribution < -0.4 is 10.5 Å². The molecular weight excluding hydrogens is 306 g/mol. The van der Waals surface area contributed by atoms with Crippen LogP contribution in [0.4, 0.5) is 5.69 Å². The van der Waals surface area contributed by atoms with Gasteiger partial charge in [0.1, 0.15) is 0 Å². The number of nitrogens with two attached hydrogens (primary N) is 1. The van der Waals surface area contributed by atoms with Crippen LogP contribution in [0.5, 0.6) is 11.6 Å². The number of hydrogen-bond acceptors (Lipinski definition) is 4. The highest BCUT2D eigenvalue weighted by molar-refractivity contribution is 9.10. The number of fused-ring (bicyclic) bond motifs is 1. The van der Waals surface area contributed by atoms with E-state index in [1.807, 2.05) is 36.4 Å². The van der Waals surface area contributed by atoms with Gasteiger partial charge in [-0.2, -0.15) is 5.10 Å². The van der Waals surface area contributed by atoms with E-state index in [0.29, 0.717) is 17.3 Å². The van der Waals surface area contributed by atoms with Gasteiger partial charge in [-0.15, -0.1) is 5.10 Å². The largest absolute Gasteiger partial charge is 0.434 e. The average molecular weight is 316 g/mol. The zero-order valence-electron chi connectivity index (χ0n) is 9.88. The van der Waals surface area contributed by atoms with Crippen molar-refractivity contribution in [2.24, 2.45) is 0 Å². The molecule has 0 bridgehead atoms. The molecule has 0 aliphatic heterocycles. The minimum absolute atomic E-state index is 0.441. The lowest BCUT2D eigenvalue weighted by molar-refractivity contribution is 0.461. The quantitative estimate of drug-likeness (QED) is 0.731. The van der Waals surface area contributed by atoms with Crippen LogP contribution in [0.25, 0.3) is 10.8 Å². The maximum atomic E-state index is 5.91. The van der Waals surface area contributed by atoms with Gasteiger partial charge in [0.2, 0.25) is 5.88 Å². The molecule has 3 rings (SSSR count). The van der Waals surface area contributed by atoms with Crippen LogP contribution in [-0.2, 0) is 0 Å². The van der Waals surface area contributed by atoms with E-state index in [2.05, 4.69) is 26.1 Å². The first-order valence-electron chi connectivity index (χ1n) is 5.68. The first-order valence-corrected chi connectivity index (χ1v) is 6.47. The number of halogens is 1. The van der Waals surface area contributed by atoms with Crippen LogP contribution in [0, 0.1) is 0 Å². The Labute approximate surface area is 118 Å². The molecule has 0 amide bonds. The van der Waals surface area contributed by atoms with Crippen molar-refractivity contribution in [3.8, 4) is 11.6 Å². The molecule has 0 fully saturated rings. The molecule has 19 heavy (non-hydrogen) atoms. The van der Waals surface area contributed by atoms with Gasteiger partial charge in [0.15, 0.2) is 5.75 Å². The lowest BCUT2D eigenvalue weighted by Gasteiger charge is -2.10. The van der Waals surface area contributed by atoms with Crippen molar-refractivity contribution in [2.45, 2.75) is 0 Å². The van der Waals surface area contributed by atoms with E-state index in [-0.39, 0.29) is 0 Å². The second kappa shape index (κ2) is 4.85. The van der Waals surface area contributed by atoms with E-state index in [4.69, 9.17) is 10.5 Å². The first kappa shape index (κ1) is 11.9. The minimum atomic E-state index is 0.441. The molecule has 0 saturated carbocycles. The van der Waals surface area contributed by atoms with Gasteiger partial charge in [-0.05, 0) is 34.1 Å². The molecule has 2 aromatic carbocycles. The summed E-state index contributed by atoms with van der Waals surface area (Å²) in [6, 6.07) is 13.3. The molecule has 0 atom stereocenters. The van der Waals surface area contributed by atoms with E-state index in [1.54, 1.807) is 12.3 Å². The van der Waals surface area contributed by atoms with Crippen molar-refractivity contribution in [3.05, 3.63) is 53.1 Å². The number of rotatable bonds is 2. The van der Waals surface area contributed by atoms with Crippen molar-refractivity contribution >= 4 is 32.4 Å². The molecule has 2 N–H and O–H groups in total. The number of nitrogens with zero attached hydrogens (tertiary/aromatic N) is 2. The zero-order chi connectivity index (χ0) is 13.2. The predicted octanol–water partition coefficient (Wildman–Crippen LogP) is 3.77. The summed E-state index contributed by atoms with van der Waals surface area (Å²) in [6.07, 6.45) is 1.70. The van der Waals surface area contributed by atoms with Crippen molar-refractivity contribution < 1.29 is 4.74 Å². The summed E-state index contributed by atoms with van der Waals surface area (Å²) in [7, 11) is 0. The highest BCUT2D eigenvalue weighted by atomic mass is 79.9. The minimum Gasteiger partial charge on any atom is -0.434 e. The molecule has 0 unspecified atom stereocenters. The fourth-order valence-electron chi connectivity index (χ4n) is 1.81. The topological polar surface area (TPSA) is 61.0 Å². The maximum absolute atomic E-state index is 5.91. The molecule has 5 heteroatoms. The third kappa shape index (κ3) is 2.24. The Morgan fingerprint density at radius 3 is 2.74 bits per heavy atom. The normalized spacial score (nSPS) is 10.6. The summed E-state index contributed by atoms with van der Waals surface area (Å²) < 4.78 is 6.59. The highest BCUT2D eigenvalue weighted by Crippen LogP contribution is 2.36. The molecule has 4 nitrogen and oxygen atoms in total. The summed E-state index contributed by atoms with van der Waals surface area (Å²) in [4.78, 5) is 0. The van der Waals surface area contributed by atoms with Crippen LogP contribution in [0.1, 0.15) is 0 Å². The van der Waals surface area contributed by atoms with E-state index < -0.39 is 0 Å². The maximum Gasteiger partial charge on any atom is 0.246 e. The van der Waals surface area contributed by atoms with Gasteiger partial charge in [-0.1, -0.05) is 24.3 Å². The number of benzene rings is 2. The number of anilines is 1. The molecule has 0 aliphatic rings. The number of ether oxygens (including phenoxy) is 1. The number of hydrogen-bond donors (Lipinski definition) is 1. The third-order valence-corrected chi connectivity index (χ3v) is 3.36. The molecule has 0 radical (unpaired) electrons. The standard InChI is InChI=1S/C14H10BrN3O/c15-11-6-3-7-12(16)13(11)19-14-10-5-2-1-4-9(10)8-17-18-14/h1-8H,16H2. The average Bonchev–Trinajstić information content (AvgIpc) is 2.43. The van der Waals surface area contributed by atoms with Crippen LogP contribution >= 0.6 is 15.9 Å². The number of aromatic nitrogens is 2. The summed E-state index contributed by atoms with van der Waals surface area (Å²) >= 11 is 3.42. The van der Waals surface area contributed by atoms with Crippen LogP contribution in [0.3, 0.4) is 0 Å². The van der Waals surface area contributed by atoms with Gasteiger partial charge in [-0.25, -0.2) is 0 Å². The SMILES string of the molecule is Nc1cccc(Br)c1Oc1nncc2ccccc12. The van der Waals surface area contributed by atoms with Crippen LogP contribution in [-0.4, -0.2) is 10.2 Å².